The summed E-state index contributed by atoms with van der Waals surface area (Å²) in [6.07, 6.45) is 7.07. The zero-order chi connectivity index (χ0) is 14.3. The highest BCUT2D eigenvalue weighted by Gasteiger charge is 2.20. The fraction of sp³-hybridized carbons (Fsp3) is 0.500. The van der Waals surface area contributed by atoms with Crippen molar-refractivity contribution in [2.75, 3.05) is 0 Å². The van der Waals surface area contributed by atoms with Gasteiger partial charge in [-0.15, -0.1) is 0 Å². The number of fused-ring (bicyclic) bond motifs is 1. The fourth-order valence-electron chi connectivity index (χ4n) is 3.14. The number of nitrogens with one attached hydrogen (secondary N) is 1. The van der Waals surface area contributed by atoms with Gasteiger partial charge in [0.2, 0.25) is 0 Å². The van der Waals surface area contributed by atoms with E-state index in [0.29, 0.717) is 0 Å². The topological polar surface area (TPSA) is 28.7 Å². The highest BCUT2D eigenvalue weighted by atomic mass is 14.9. The largest absolute Gasteiger partial charge is 0.342 e. The molecular weight excluding hydrogens is 244 g/mol. The van der Waals surface area contributed by atoms with Crippen molar-refractivity contribution in [3.63, 3.8) is 0 Å². The van der Waals surface area contributed by atoms with Crippen LogP contribution >= 0.6 is 0 Å². The molecule has 0 fully saturated rings. The third-order valence-electron chi connectivity index (χ3n) is 4.35. The summed E-state index contributed by atoms with van der Waals surface area (Å²) in [6, 6.07) is 4.52. The first-order chi connectivity index (χ1) is 9.47. The first kappa shape index (κ1) is 13.4. The third kappa shape index (κ3) is 2.28. The molecule has 0 radical (unpaired) electrons. The van der Waals surface area contributed by atoms with E-state index in [1.54, 1.807) is 11.1 Å². The predicted octanol–water partition coefficient (Wildman–Crippen LogP) is 4.56. The van der Waals surface area contributed by atoms with E-state index >= 15 is 0 Å². The third-order valence-corrected chi connectivity index (χ3v) is 4.35. The van der Waals surface area contributed by atoms with Crippen LogP contribution in [0.3, 0.4) is 0 Å². The van der Waals surface area contributed by atoms with E-state index < -0.39 is 0 Å². The maximum Gasteiger partial charge on any atom is 0.111 e. The molecule has 0 spiro atoms. The number of benzene rings is 1. The van der Waals surface area contributed by atoms with Gasteiger partial charge in [-0.05, 0) is 49.3 Å². The van der Waals surface area contributed by atoms with Crippen LogP contribution in [0.4, 0.5) is 0 Å². The van der Waals surface area contributed by atoms with E-state index in [1.165, 1.54) is 42.5 Å². The van der Waals surface area contributed by atoms with Gasteiger partial charge in [0.05, 0.1) is 11.9 Å². The number of H-pyrrole nitrogens is 1. The zero-order valence-electron chi connectivity index (χ0n) is 13.0. The Balaban J connectivity index is 2.09. The minimum absolute atomic E-state index is 0.0724. The number of hydrogen-bond acceptors (Lipinski definition) is 1. The lowest BCUT2D eigenvalue weighted by Gasteiger charge is -2.21. The minimum Gasteiger partial charge on any atom is -0.342 e. The van der Waals surface area contributed by atoms with Crippen LogP contribution in [-0.2, 0) is 18.3 Å². The van der Waals surface area contributed by atoms with Crippen molar-refractivity contribution < 1.29 is 0 Å². The van der Waals surface area contributed by atoms with Gasteiger partial charge in [0.15, 0.2) is 0 Å². The summed E-state index contributed by atoms with van der Waals surface area (Å²) in [5, 5.41) is 0. The van der Waals surface area contributed by atoms with Crippen molar-refractivity contribution in [3.05, 3.63) is 40.8 Å². The summed E-state index contributed by atoms with van der Waals surface area (Å²) < 4.78 is 0. The molecule has 2 heteroatoms. The van der Waals surface area contributed by atoms with E-state index in [2.05, 4.69) is 49.8 Å². The maximum absolute atomic E-state index is 4.58. The molecule has 0 aliphatic heterocycles. The summed E-state index contributed by atoms with van der Waals surface area (Å²) in [5.41, 5.74) is 7.16. The highest BCUT2D eigenvalue weighted by molar-refractivity contribution is 5.67. The van der Waals surface area contributed by atoms with Crippen LogP contribution < -0.4 is 0 Å². The molecule has 3 rings (SSSR count). The molecule has 1 aliphatic carbocycles. The second kappa shape index (κ2) is 4.76. The standard InChI is InChI=1S/C18H24N2/c1-12-9-10-15(14-8-6-5-7-13(12)14)16-11-19-17(20-16)18(2,3)4/h9-11H,5-8H2,1-4H3,(H,19,20). The van der Waals surface area contributed by atoms with Gasteiger partial charge in [-0.2, -0.15) is 0 Å². The van der Waals surface area contributed by atoms with Crippen molar-refractivity contribution in [3.8, 4) is 11.3 Å². The molecule has 1 N–H and O–H groups in total. The van der Waals surface area contributed by atoms with Crippen LogP contribution in [0.5, 0.6) is 0 Å². The van der Waals surface area contributed by atoms with E-state index in [0.717, 1.165) is 5.82 Å². The summed E-state index contributed by atoms with van der Waals surface area (Å²) in [7, 11) is 0. The van der Waals surface area contributed by atoms with Gasteiger partial charge in [0.25, 0.3) is 0 Å². The van der Waals surface area contributed by atoms with Crippen LogP contribution in [-0.4, -0.2) is 9.97 Å². The fourth-order valence-corrected chi connectivity index (χ4v) is 3.14. The Labute approximate surface area is 121 Å². The van der Waals surface area contributed by atoms with Gasteiger partial charge in [0, 0.05) is 11.0 Å². The van der Waals surface area contributed by atoms with Gasteiger partial charge in [0.1, 0.15) is 5.82 Å². The number of rotatable bonds is 1. The van der Waals surface area contributed by atoms with Gasteiger partial charge in [-0.3, -0.25) is 0 Å². The minimum atomic E-state index is 0.0724. The second-order valence-corrected chi connectivity index (χ2v) is 6.99. The summed E-state index contributed by atoms with van der Waals surface area (Å²) in [6.45, 7) is 8.82. The average Bonchev–Trinajstić information content (AvgIpc) is 2.89. The lowest BCUT2D eigenvalue weighted by molar-refractivity contribution is 0.553. The smallest absolute Gasteiger partial charge is 0.111 e. The van der Waals surface area contributed by atoms with Crippen molar-refractivity contribution in [2.24, 2.45) is 0 Å². The molecule has 1 aliphatic rings. The number of imidazole rings is 1. The van der Waals surface area contributed by atoms with Crippen LogP contribution in [0.2, 0.25) is 0 Å². The lowest BCUT2D eigenvalue weighted by Crippen LogP contribution is -2.13. The quantitative estimate of drug-likeness (QED) is 0.807. The predicted molar refractivity (Wildman–Crippen MR) is 84.1 cm³/mol. The van der Waals surface area contributed by atoms with Crippen molar-refractivity contribution in [1.82, 2.24) is 9.97 Å². The Kier molecular flexibility index (Phi) is 3.19. The van der Waals surface area contributed by atoms with Crippen LogP contribution in [0.25, 0.3) is 11.3 Å². The molecule has 0 bridgehead atoms. The number of aryl methyl sites for hydroxylation is 1. The first-order valence-electron chi connectivity index (χ1n) is 7.64. The number of hydrogen-bond donors (Lipinski definition) is 1. The normalized spacial score (nSPS) is 15.2. The number of aromatic nitrogens is 2. The molecule has 0 amide bonds. The Hall–Kier alpha value is -1.57. The number of aromatic amines is 1. The van der Waals surface area contributed by atoms with Crippen molar-refractivity contribution in [2.45, 2.75) is 58.8 Å². The molecule has 1 aromatic heterocycles. The van der Waals surface area contributed by atoms with Gasteiger partial charge >= 0.3 is 0 Å². The second-order valence-electron chi connectivity index (χ2n) is 6.99. The van der Waals surface area contributed by atoms with Crippen molar-refractivity contribution in [1.29, 1.82) is 0 Å². The van der Waals surface area contributed by atoms with E-state index in [9.17, 15) is 0 Å². The molecule has 1 aromatic carbocycles. The summed E-state index contributed by atoms with van der Waals surface area (Å²) in [4.78, 5) is 8.11. The van der Waals surface area contributed by atoms with E-state index in [-0.39, 0.29) is 5.41 Å². The molecule has 0 unspecified atom stereocenters. The highest BCUT2D eigenvalue weighted by Crippen LogP contribution is 2.33. The Morgan fingerprint density at radius 2 is 1.75 bits per heavy atom. The van der Waals surface area contributed by atoms with Crippen LogP contribution in [0, 0.1) is 6.92 Å². The van der Waals surface area contributed by atoms with Crippen molar-refractivity contribution >= 4 is 0 Å². The molecule has 2 aromatic rings. The summed E-state index contributed by atoms with van der Waals surface area (Å²) in [5.74, 6) is 1.07. The number of nitrogens with zero attached hydrogens (tertiary/aromatic N) is 1. The Morgan fingerprint density at radius 1 is 1.05 bits per heavy atom. The SMILES string of the molecule is Cc1ccc(-c2cnc(C(C)(C)C)[nH]2)c2c1CCCC2. The monoisotopic (exact) mass is 268 g/mol. The maximum atomic E-state index is 4.58. The van der Waals surface area contributed by atoms with E-state index in [4.69, 9.17) is 0 Å². The molecule has 20 heavy (non-hydrogen) atoms. The molecule has 2 nitrogen and oxygen atoms in total. The van der Waals surface area contributed by atoms with Crippen LogP contribution in [0.1, 0.15) is 56.1 Å². The van der Waals surface area contributed by atoms with Gasteiger partial charge in [-0.25, -0.2) is 4.98 Å². The van der Waals surface area contributed by atoms with Crippen LogP contribution in [0.15, 0.2) is 18.3 Å². The Morgan fingerprint density at radius 3 is 2.40 bits per heavy atom. The Bertz CT molecular complexity index is 629. The molecule has 106 valence electrons. The molecular formula is C18H24N2. The summed E-state index contributed by atoms with van der Waals surface area (Å²) >= 11 is 0. The lowest BCUT2D eigenvalue weighted by atomic mass is 9.85. The van der Waals surface area contributed by atoms with Gasteiger partial charge < -0.3 is 4.98 Å². The molecule has 1 heterocycles. The molecule has 0 saturated carbocycles. The molecule has 0 saturated heterocycles. The van der Waals surface area contributed by atoms with E-state index in [1.807, 2.05) is 6.20 Å². The van der Waals surface area contributed by atoms with Gasteiger partial charge in [-0.1, -0.05) is 32.9 Å². The zero-order valence-corrected chi connectivity index (χ0v) is 13.0. The first-order valence-corrected chi connectivity index (χ1v) is 7.64. The molecule has 0 atom stereocenters. The average molecular weight is 268 g/mol.